The van der Waals surface area contributed by atoms with E-state index in [4.69, 9.17) is 0 Å². The smallest absolute Gasteiger partial charge is 0.372 e. The lowest BCUT2D eigenvalue weighted by Gasteiger charge is -2.34. The van der Waals surface area contributed by atoms with Crippen LogP contribution in [0.2, 0.25) is 0 Å². The Kier molecular flexibility index (Phi) is 5.26. The van der Waals surface area contributed by atoms with E-state index in [1.54, 1.807) is 7.05 Å². The van der Waals surface area contributed by atoms with Gasteiger partial charge in [-0.3, -0.25) is 4.99 Å². The molecule has 160 valence electrons. The van der Waals surface area contributed by atoms with Crippen molar-refractivity contribution in [3.63, 3.8) is 0 Å². The summed E-state index contributed by atoms with van der Waals surface area (Å²) in [4.78, 5) is 6.36. The van der Waals surface area contributed by atoms with Gasteiger partial charge in [-0.05, 0) is 55.3 Å². The van der Waals surface area contributed by atoms with E-state index in [0.29, 0.717) is 13.1 Å². The number of rotatable bonds is 3. The van der Waals surface area contributed by atoms with Gasteiger partial charge in [0, 0.05) is 51.3 Å². The first-order chi connectivity index (χ1) is 14.3. The van der Waals surface area contributed by atoms with Gasteiger partial charge >= 0.3 is 6.18 Å². The lowest BCUT2D eigenvalue weighted by atomic mass is 9.96. The third-order valence-corrected chi connectivity index (χ3v) is 5.98. The van der Waals surface area contributed by atoms with Gasteiger partial charge < -0.3 is 19.4 Å². The fraction of sp³-hybridized carbons (Fsp3) is 0.409. The van der Waals surface area contributed by atoms with Crippen LogP contribution in [0.25, 0.3) is 11.0 Å². The van der Waals surface area contributed by atoms with E-state index in [1.165, 1.54) is 0 Å². The van der Waals surface area contributed by atoms with Crippen molar-refractivity contribution in [2.75, 3.05) is 30.4 Å². The van der Waals surface area contributed by atoms with Crippen molar-refractivity contribution in [2.24, 2.45) is 25.0 Å². The van der Waals surface area contributed by atoms with Gasteiger partial charge in [-0.25, -0.2) is 0 Å². The van der Waals surface area contributed by atoms with E-state index in [9.17, 15) is 13.2 Å². The van der Waals surface area contributed by atoms with Crippen LogP contribution >= 0.6 is 0 Å². The number of anilines is 3. The van der Waals surface area contributed by atoms with Crippen molar-refractivity contribution < 1.29 is 13.2 Å². The van der Waals surface area contributed by atoms with Crippen molar-refractivity contribution in [1.29, 1.82) is 0 Å². The van der Waals surface area contributed by atoms with Crippen LogP contribution < -0.4 is 15.8 Å². The number of piperidine rings is 1. The van der Waals surface area contributed by atoms with E-state index >= 15 is 0 Å². The number of aryl methyl sites for hydroxylation is 2. The zero-order valence-electron chi connectivity index (χ0n) is 17.4. The molecule has 0 aliphatic carbocycles. The van der Waals surface area contributed by atoms with Crippen molar-refractivity contribution >= 4 is 28.1 Å². The molecule has 3 aromatic rings. The van der Waals surface area contributed by atoms with Gasteiger partial charge in [-0.2, -0.15) is 13.2 Å². The Hall–Kier alpha value is -2.90. The second kappa shape index (κ2) is 7.74. The quantitative estimate of drug-likeness (QED) is 0.678. The normalized spacial score (nSPS) is 16.5. The van der Waals surface area contributed by atoms with Crippen LogP contribution in [0.5, 0.6) is 0 Å². The molecule has 0 amide bonds. The third-order valence-electron chi connectivity index (χ3n) is 5.98. The highest BCUT2D eigenvalue weighted by atomic mass is 19.4. The second-order valence-corrected chi connectivity index (χ2v) is 7.82. The summed E-state index contributed by atoms with van der Waals surface area (Å²) in [6.07, 6.45) is -3.77. The number of imidazole rings is 1. The summed E-state index contributed by atoms with van der Waals surface area (Å²) < 4.78 is 42.7. The molecule has 2 heterocycles. The number of hydrogen-bond donors (Lipinski definition) is 1. The molecule has 0 unspecified atom stereocenters. The first kappa shape index (κ1) is 20.4. The van der Waals surface area contributed by atoms with Gasteiger partial charge in [0.1, 0.15) is 0 Å². The summed E-state index contributed by atoms with van der Waals surface area (Å²) in [6, 6.07) is 14.0. The van der Waals surface area contributed by atoms with Gasteiger partial charge in [0.05, 0.1) is 17.0 Å². The largest absolute Gasteiger partial charge is 0.391 e. The first-order valence-electron chi connectivity index (χ1n) is 10.0. The Balaban J connectivity index is 1.47. The number of halogens is 3. The minimum atomic E-state index is -4.08. The highest BCUT2D eigenvalue weighted by Crippen LogP contribution is 2.35. The van der Waals surface area contributed by atoms with E-state index in [2.05, 4.69) is 27.0 Å². The Morgan fingerprint density at radius 1 is 0.900 bits per heavy atom. The van der Waals surface area contributed by atoms with E-state index in [-0.39, 0.29) is 12.8 Å². The Labute approximate surface area is 173 Å². The van der Waals surface area contributed by atoms with Crippen LogP contribution in [0, 0.1) is 5.92 Å². The molecular weight excluding hydrogens is 391 g/mol. The summed E-state index contributed by atoms with van der Waals surface area (Å²) in [7, 11) is 5.76. The minimum absolute atomic E-state index is 0.156. The van der Waals surface area contributed by atoms with Gasteiger partial charge in [0.2, 0.25) is 5.62 Å². The van der Waals surface area contributed by atoms with Gasteiger partial charge in [-0.1, -0.05) is 0 Å². The number of nitrogens with one attached hydrogen (secondary N) is 1. The summed E-state index contributed by atoms with van der Waals surface area (Å²) >= 11 is 0. The van der Waals surface area contributed by atoms with E-state index in [0.717, 1.165) is 33.7 Å². The molecule has 0 bridgehead atoms. The maximum Gasteiger partial charge on any atom is 0.391 e. The van der Waals surface area contributed by atoms with Gasteiger partial charge in [0.25, 0.3) is 0 Å². The molecule has 0 spiro atoms. The molecular formula is C22H26F3N5. The van der Waals surface area contributed by atoms with Crippen LogP contribution in [0.1, 0.15) is 12.8 Å². The van der Waals surface area contributed by atoms with Crippen LogP contribution in [0.15, 0.2) is 47.5 Å². The molecule has 1 aromatic heterocycles. The topological polar surface area (TPSA) is 37.5 Å². The number of aromatic nitrogens is 2. The molecule has 8 heteroatoms. The average molecular weight is 417 g/mol. The van der Waals surface area contributed by atoms with Crippen LogP contribution in [0.4, 0.5) is 30.2 Å². The zero-order valence-corrected chi connectivity index (χ0v) is 17.4. The maximum absolute atomic E-state index is 12.9. The SMILES string of the molecule is C/N=c1\n(C)c2ccc(Nc3ccc(N4CCC(C(F)(F)F)CC4)cc3)cc2n1C. The van der Waals surface area contributed by atoms with Crippen LogP contribution in [-0.4, -0.2) is 35.4 Å². The molecule has 5 nitrogen and oxygen atoms in total. The fourth-order valence-corrected chi connectivity index (χ4v) is 4.28. The molecule has 1 aliphatic heterocycles. The number of nitrogens with zero attached hydrogens (tertiary/aromatic N) is 4. The molecule has 1 saturated heterocycles. The summed E-state index contributed by atoms with van der Waals surface area (Å²) in [5, 5.41) is 3.41. The van der Waals surface area contributed by atoms with Crippen LogP contribution in [-0.2, 0) is 14.1 Å². The van der Waals surface area contributed by atoms with Crippen LogP contribution in [0.3, 0.4) is 0 Å². The number of alkyl halides is 3. The molecule has 1 N–H and O–H groups in total. The Morgan fingerprint density at radius 3 is 2.10 bits per heavy atom. The highest BCUT2D eigenvalue weighted by molar-refractivity contribution is 5.81. The molecule has 1 aliphatic rings. The average Bonchev–Trinajstić information content (AvgIpc) is 2.97. The lowest BCUT2D eigenvalue weighted by molar-refractivity contribution is -0.179. The monoisotopic (exact) mass is 417 g/mol. The molecule has 0 atom stereocenters. The number of hydrogen-bond acceptors (Lipinski definition) is 3. The molecule has 1 fully saturated rings. The molecule has 0 radical (unpaired) electrons. The lowest BCUT2D eigenvalue weighted by Crippen LogP contribution is -2.38. The molecule has 30 heavy (non-hydrogen) atoms. The minimum Gasteiger partial charge on any atom is -0.372 e. The Bertz CT molecular complexity index is 1100. The first-order valence-corrected chi connectivity index (χ1v) is 10.0. The van der Waals surface area contributed by atoms with E-state index < -0.39 is 12.1 Å². The summed E-state index contributed by atoms with van der Waals surface area (Å²) in [5.41, 5.74) is 5.92. The number of benzene rings is 2. The maximum atomic E-state index is 12.9. The number of fused-ring (bicyclic) bond motifs is 1. The Morgan fingerprint density at radius 2 is 1.50 bits per heavy atom. The molecule has 2 aromatic carbocycles. The summed E-state index contributed by atoms with van der Waals surface area (Å²) in [5.74, 6) is -1.18. The second-order valence-electron chi connectivity index (χ2n) is 7.82. The summed E-state index contributed by atoms with van der Waals surface area (Å²) in [6.45, 7) is 0.867. The molecule has 0 saturated carbocycles. The fourth-order valence-electron chi connectivity index (χ4n) is 4.28. The standard InChI is InChI=1S/C22H26F3N5/c1-26-21-28(2)19-9-6-17(14-20(19)29(21)3)27-16-4-7-18(8-5-16)30-12-10-15(11-13-30)22(23,24)25/h4-9,14-15,27H,10-13H2,1-3H3/b26-21+. The zero-order chi connectivity index (χ0) is 21.5. The van der Waals surface area contributed by atoms with E-state index in [1.807, 2.05) is 53.9 Å². The van der Waals surface area contributed by atoms with Crippen molar-refractivity contribution in [2.45, 2.75) is 19.0 Å². The predicted octanol–water partition coefficient (Wildman–Crippen LogP) is 4.57. The molecule has 4 rings (SSSR count). The highest BCUT2D eigenvalue weighted by Gasteiger charge is 2.41. The van der Waals surface area contributed by atoms with Gasteiger partial charge in [0.15, 0.2) is 0 Å². The van der Waals surface area contributed by atoms with Crippen molar-refractivity contribution in [3.05, 3.63) is 48.1 Å². The van der Waals surface area contributed by atoms with Crippen molar-refractivity contribution in [3.8, 4) is 0 Å². The van der Waals surface area contributed by atoms with Crippen molar-refractivity contribution in [1.82, 2.24) is 9.13 Å². The third kappa shape index (κ3) is 3.78. The van der Waals surface area contributed by atoms with Gasteiger partial charge in [-0.15, -0.1) is 0 Å². The predicted molar refractivity (Wildman–Crippen MR) is 114 cm³/mol.